The van der Waals surface area contributed by atoms with Crippen molar-refractivity contribution in [2.45, 2.75) is 25.4 Å². The number of aliphatic hydroxyl groups excluding tert-OH is 1. The number of hydrogen-bond acceptors (Lipinski definition) is 1. The number of hydrogen-bond donors (Lipinski definition) is 1. The standard InChI is InChI=1S/C10H14O/c1-2-8-9-5-3-4-7(9)6-10(8)11/h2,5,7-8,10-11H,1,3-4,6H2/t7?,8-,10+/m1/s1. The Morgan fingerprint density at radius 1 is 1.64 bits per heavy atom. The first-order valence-electron chi connectivity index (χ1n) is 4.33. The number of aliphatic hydroxyl groups is 1. The van der Waals surface area contributed by atoms with E-state index in [2.05, 4.69) is 12.7 Å². The van der Waals surface area contributed by atoms with E-state index in [9.17, 15) is 5.11 Å². The molecule has 0 aromatic heterocycles. The van der Waals surface area contributed by atoms with Gasteiger partial charge in [0.15, 0.2) is 0 Å². The molecule has 0 spiro atoms. The molecule has 2 rings (SSSR count). The van der Waals surface area contributed by atoms with Gasteiger partial charge in [-0.1, -0.05) is 17.7 Å². The van der Waals surface area contributed by atoms with Gasteiger partial charge < -0.3 is 5.11 Å². The van der Waals surface area contributed by atoms with Crippen LogP contribution in [-0.2, 0) is 0 Å². The highest BCUT2D eigenvalue weighted by atomic mass is 16.3. The molecule has 0 aliphatic heterocycles. The molecule has 1 N–H and O–H groups in total. The largest absolute Gasteiger partial charge is 0.392 e. The van der Waals surface area contributed by atoms with Crippen LogP contribution in [0.2, 0.25) is 0 Å². The van der Waals surface area contributed by atoms with Gasteiger partial charge in [0.1, 0.15) is 0 Å². The van der Waals surface area contributed by atoms with E-state index in [-0.39, 0.29) is 12.0 Å². The SMILES string of the molecule is C=C[C@@H]1C2=CCCC2C[C@@H]1O. The average molecular weight is 150 g/mol. The molecule has 0 radical (unpaired) electrons. The van der Waals surface area contributed by atoms with Crippen LogP contribution in [0.3, 0.4) is 0 Å². The van der Waals surface area contributed by atoms with Gasteiger partial charge in [-0.3, -0.25) is 0 Å². The molecular weight excluding hydrogens is 136 g/mol. The lowest BCUT2D eigenvalue weighted by molar-refractivity contribution is 0.153. The molecule has 0 saturated heterocycles. The van der Waals surface area contributed by atoms with E-state index < -0.39 is 0 Å². The average Bonchev–Trinajstić information content (AvgIpc) is 2.46. The second-order valence-corrected chi connectivity index (χ2v) is 3.54. The molecule has 1 heteroatoms. The van der Waals surface area contributed by atoms with E-state index >= 15 is 0 Å². The predicted octanol–water partition coefficient (Wildman–Crippen LogP) is 1.89. The van der Waals surface area contributed by atoms with Crippen LogP contribution in [0.25, 0.3) is 0 Å². The summed E-state index contributed by atoms with van der Waals surface area (Å²) in [6.45, 7) is 3.75. The van der Waals surface area contributed by atoms with Gasteiger partial charge in [0.25, 0.3) is 0 Å². The Bertz CT molecular complexity index is 205. The highest BCUT2D eigenvalue weighted by molar-refractivity contribution is 5.26. The molecule has 60 valence electrons. The summed E-state index contributed by atoms with van der Waals surface area (Å²) in [5.41, 5.74) is 1.45. The molecule has 1 unspecified atom stereocenters. The van der Waals surface area contributed by atoms with Crippen molar-refractivity contribution in [3.8, 4) is 0 Å². The quantitative estimate of drug-likeness (QED) is 0.566. The molecule has 1 fully saturated rings. The molecule has 0 bridgehead atoms. The Morgan fingerprint density at radius 3 is 3.18 bits per heavy atom. The monoisotopic (exact) mass is 150 g/mol. The lowest BCUT2D eigenvalue weighted by Gasteiger charge is -2.09. The van der Waals surface area contributed by atoms with Crippen LogP contribution >= 0.6 is 0 Å². The molecule has 0 aromatic rings. The van der Waals surface area contributed by atoms with E-state index in [1.807, 2.05) is 6.08 Å². The molecular formula is C10H14O. The Kier molecular flexibility index (Phi) is 1.61. The number of rotatable bonds is 1. The smallest absolute Gasteiger partial charge is 0.0645 e. The zero-order valence-corrected chi connectivity index (χ0v) is 6.66. The van der Waals surface area contributed by atoms with Crippen molar-refractivity contribution in [3.05, 3.63) is 24.3 Å². The topological polar surface area (TPSA) is 20.2 Å². The second-order valence-electron chi connectivity index (χ2n) is 3.54. The van der Waals surface area contributed by atoms with Gasteiger partial charge >= 0.3 is 0 Å². The normalized spacial score (nSPS) is 41.9. The zero-order chi connectivity index (χ0) is 7.84. The fourth-order valence-electron chi connectivity index (χ4n) is 2.40. The first-order chi connectivity index (χ1) is 5.33. The van der Waals surface area contributed by atoms with Crippen LogP contribution in [0, 0.1) is 11.8 Å². The molecule has 11 heavy (non-hydrogen) atoms. The van der Waals surface area contributed by atoms with Gasteiger partial charge in [-0.05, 0) is 25.2 Å². The van der Waals surface area contributed by atoms with Gasteiger partial charge in [-0.25, -0.2) is 0 Å². The summed E-state index contributed by atoms with van der Waals surface area (Å²) in [6.07, 6.45) is 7.44. The van der Waals surface area contributed by atoms with Gasteiger partial charge in [-0.15, -0.1) is 6.58 Å². The first-order valence-corrected chi connectivity index (χ1v) is 4.33. The number of fused-ring (bicyclic) bond motifs is 1. The van der Waals surface area contributed by atoms with E-state index in [0.717, 1.165) is 6.42 Å². The maximum absolute atomic E-state index is 9.58. The third-order valence-electron chi connectivity index (χ3n) is 2.95. The summed E-state index contributed by atoms with van der Waals surface area (Å²) in [5.74, 6) is 0.940. The van der Waals surface area contributed by atoms with Gasteiger partial charge in [-0.2, -0.15) is 0 Å². The molecule has 1 saturated carbocycles. The molecule has 0 amide bonds. The lowest BCUT2D eigenvalue weighted by Crippen LogP contribution is -2.10. The third kappa shape index (κ3) is 0.951. The minimum atomic E-state index is -0.149. The van der Waals surface area contributed by atoms with Crippen LogP contribution in [0.1, 0.15) is 19.3 Å². The minimum Gasteiger partial charge on any atom is -0.392 e. The van der Waals surface area contributed by atoms with E-state index in [4.69, 9.17) is 0 Å². The van der Waals surface area contributed by atoms with Gasteiger partial charge in [0, 0.05) is 5.92 Å². The molecule has 1 nitrogen and oxygen atoms in total. The van der Waals surface area contributed by atoms with Crippen LogP contribution in [0.4, 0.5) is 0 Å². The van der Waals surface area contributed by atoms with Crippen LogP contribution in [0.15, 0.2) is 24.3 Å². The molecule has 3 atom stereocenters. The molecule has 2 aliphatic carbocycles. The summed E-state index contributed by atoms with van der Waals surface area (Å²) >= 11 is 0. The van der Waals surface area contributed by atoms with Gasteiger partial charge in [0.05, 0.1) is 6.10 Å². The van der Waals surface area contributed by atoms with Crippen LogP contribution in [-0.4, -0.2) is 11.2 Å². The van der Waals surface area contributed by atoms with Crippen molar-refractivity contribution < 1.29 is 5.11 Å². The molecule has 0 heterocycles. The third-order valence-corrected chi connectivity index (χ3v) is 2.95. The lowest BCUT2D eigenvalue weighted by atomic mass is 10.00. The van der Waals surface area contributed by atoms with E-state index in [1.54, 1.807) is 0 Å². The Labute approximate surface area is 67.4 Å². The van der Waals surface area contributed by atoms with Crippen molar-refractivity contribution in [1.82, 2.24) is 0 Å². The van der Waals surface area contributed by atoms with Crippen molar-refractivity contribution in [1.29, 1.82) is 0 Å². The molecule has 2 aliphatic rings. The summed E-state index contributed by atoms with van der Waals surface area (Å²) in [7, 11) is 0. The summed E-state index contributed by atoms with van der Waals surface area (Å²) in [5, 5.41) is 9.58. The Balaban J connectivity index is 2.25. The van der Waals surface area contributed by atoms with Crippen molar-refractivity contribution in [3.63, 3.8) is 0 Å². The Hall–Kier alpha value is -0.560. The van der Waals surface area contributed by atoms with Crippen LogP contribution in [0.5, 0.6) is 0 Å². The Morgan fingerprint density at radius 2 is 2.45 bits per heavy atom. The minimum absolute atomic E-state index is 0.149. The van der Waals surface area contributed by atoms with Crippen molar-refractivity contribution >= 4 is 0 Å². The fourth-order valence-corrected chi connectivity index (χ4v) is 2.40. The summed E-state index contributed by atoms with van der Waals surface area (Å²) < 4.78 is 0. The van der Waals surface area contributed by atoms with Gasteiger partial charge in [0.2, 0.25) is 0 Å². The molecule has 0 aromatic carbocycles. The second kappa shape index (κ2) is 2.49. The summed E-state index contributed by atoms with van der Waals surface area (Å²) in [4.78, 5) is 0. The van der Waals surface area contributed by atoms with Crippen molar-refractivity contribution in [2.75, 3.05) is 0 Å². The maximum Gasteiger partial charge on any atom is 0.0645 e. The fraction of sp³-hybridized carbons (Fsp3) is 0.600. The maximum atomic E-state index is 9.58. The van der Waals surface area contributed by atoms with E-state index in [0.29, 0.717) is 5.92 Å². The highest BCUT2D eigenvalue weighted by Crippen LogP contribution is 2.43. The van der Waals surface area contributed by atoms with Crippen molar-refractivity contribution in [2.24, 2.45) is 11.8 Å². The highest BCUT2D eigenvalue weighted by Gasteiger charge is 2.37. The number of allylic oxidation sites excluding steroid dienone is 1. The predicted molar refractivity (Wildman–Crippen MR) is 45.1 cm³/mol. The van der Waals surface area contributed by atoms with E-state index in [1.165, 1.54) is 18.4 Å². The summed E-state index contributed by atoms with van der Waals surface area (Å²) in [6, 6.07) is 0. The zero-order valence-electron chi connectivity index (χ0n) is 6.66. The first kappa shape index (κ1) is 7.11. The van der Waals surface area contributed by atoms with Crippen LogP contribution < -0.4 is 0 Å².